The fourth-order valence-corrected chi connectivity index (χ4v) is 4.40. The van der Waals surface area contributed by atoms with Gasteiger partial charge in [-0.3, -0.25) is 4.79 Å². The van der Waals surface area contributed by atoms with Crippen molar-refractivity contribution in [2.75, 3.05) is 55.0 Å². The summed E-state index contributed by atoms with van der Waals surface area (Å²) in [5.41, 5.74) is 5.64. The van der Waals surface area contributed by atoms with Gasteiger partial charge in [0.15, 0.2) is 0 Å². The molecule has 5 rings (SSSR count). The van der Waals surface area contributed by atoms with Gasteiger partial charge in [-0.2, -0.15) is 10.2 Å². The van der Waals surface area contributed by atoms with Crippen LogP contribution in [0, 0.1) is 6.92 Å². The summed E-state index contributed by atoms with van der Waals surface area (Å²) in [5.74, 6) is 1.84. The second kappa shape index (κ2) is 10.4. The number of rotatable bonds is 8. The van der Waals surface area contributed by atoms with E-state index in [1.165, 1.54) is 18.0 Å². The van der Waals surface area contributed by atoms with Crippen molar-refractivity contribution in [3.05, 3.63) is 59.4 Å². The zero-order chi connectivity index (χ0) is 24.2. The molecule has 2 aliphatic rings. The van der Waals surface area contributed by atoms with Gasteiger partial charge in [0.25, 0.3) is 5.91 Å². The molecule has 0 atom stereocenters. The second-order valence-corrected chi connectivity index (χ2v) is 8.96. The highest BCUT2D eigenvalue weighted by Crippen LogP contribution is 2.45. The molecule has 0 radical (unpaired) electrons. The van der Waals surface area contributed by atoms with Crippen LogP contribution in [-0.2, 0) is 4.74 Å². The lowest BCUT2D eigenvalue weighted by molar-refractivity contribution is 0.102. The lowest BCUT2D eigenvalue weighted by atomic mass is 9.95. The molecule has 1 saturated heterocycles. The molecular weight excluding hydrogens is 444 g/mol. The second-order valence-electron chi connectivity index (χ2n) is 8.96. The van der Waals surface area contributed by atoms with E-state index in [4.69, 9.17) is 9.72 Å². The summed E-state index contributed by atoms with van der Waals surface area (Å²) in [6, 6.07) is 10.0. The number of aryl methyl sites for hydroxylation is 1. The van der Waals surface area contributed by atoms with Crippen LogP contribution < -0.4 is 15.5 Å². The van der Waals surface area contributed by atoms with Gasteiger partial charge >= 0.3 is 0 Å². The zero-order valence-corrected chi connectivity index (χ0v) is 19.8. The number of nitrogens with zero attached hydrogens (tertiary/aromatic N) is 4. The minimum absolute atomic E-state index is 0.0218. The molecule has 2 fully saturated rings. The van der Waals surface area contributed by atoms with Gasteiger partial charge in [0.05, 0.1) is 37.8 Å². The number of carbonyl (C=O) groups excluding carboxylic acids is 1. The quantitative estimate of drug-likeness (QED) is 0.456. The first-order chi connectivity index (χ1) is 17.1. The van der Waals surface area contributed by atoms with Crippen LogP contribution in [0.5, 0.6) is 0 Å². The van der Waals surface area contributed by atoms with E-state index in [1.54, 1.807) is 6.07 Å². The Morgan fingerprint density at radius 2 is 2.00 bits per heavy atom. The van der Waals surface area contributed by atoms with E-state index in [0.29, 0.717) is 37.1 Å². The standard InChI is InChI=1S/C26H30N6O3/c1-17-12-22(18-2-3-18)23(30-26(34)19-4-5-28-29-16-19)15-21(17)20-13-24(27-6-9-33)31-25(14-20)32-7-10-35-11-8-32/h4-5,12-16,18,33H,2-3,6-11H2,1H3,(H,27,31)(H,30,34). The third-order valence-corrected chi connectivity index (χ3v) is 6.38. The number of ether oxygens (including phenoxy) is 1. The minimum Gasteiger partial charge on any atom is -0.395 e. The first kappa shape index (κ1) is 23.2. The van der Waals surface area contributed by atoms with Crippen molar-refractivity contribution in [2.24, 2.45) is 0 Å². The van der Waals surface area contributed by atoms with Crippen molar-refractivity contribution in [1.82, 2.24) is 15.2 Å². The number of anilines is 3. The summed E-state index contributed by atoms with van der Waals surface area (Å²) in [6.45, 7) is 5.43. The number of aliphatic hydroxyl groups excluding tert-OH is 1. The lowest BCUT2D eigenvalue weighted by Gasteiger charge is -2.28. The SMILES string of the molecule is Cc1cc(C2CC2)c(NC(=O)c2ccnnc2)cc1-c1cc(NCCO)nc(N2CCOCC2)c1. The van der Waals surface area contributed by atoms with Gasteiger partial charge in [0.1, 0.15) is 11.6 Å². The number of aliphatic hydroxyl groups is 1. The average molecular weight is 475 g/mol. The molecule has 9 nitrogen and oxygen atoms in total. The van der Waals surface area contributed by atoms with Crippen molar-refractivity contribution >= 4 is 23.2 Å². The Kier molecular flexibility index (Phi) is 6.87. The highest BCUT2D eigenvalue weighted by atomic mass is 16.5. The third-order valence-electron chi connectivity index (χ3n) is 6.38. The average Bonchev–Trinajstić information content (AvgIpc) is 3.74. The maximum Gasteiger partial charge on any atom is 0.257 e. The first-order valence-corrected chi connectivity index (χ1v) is 12.0. The molecule has 1 aliphatic heterocycles. The molecule has 35 heavy (non-hydrogen) atoms. The van der Waals surface area contributed by atoms with Crippen LogP contribution in [0.2, 0.25) is 0 Å². The Morgan fingerprint density at radius 3 is 2.71 bits per heavy atom. The predicted octanol–water partition coefficient (Wildman–Crippen LogP) is 3.22. The van der Waals surface area contributed by atoms with E-state index in [1.807, 2.05) is 6.07 Å². The smallest absolute Gasteiger partial charge is 0.257 e. The van der Waals surface area contributed by atoms with E-state index in [-0.39, 0.29) is 12.5 Å². The summed E-state index contributed by atoms with van der Waals surface area (Å²) in [6.07, 6.45) is 5.24. The molecule has 1 aliphatic carbocycles. The number of aromatic nitrogens is 3. The Bertz CT molecular complexity index is 1190. The number of nitrogens with one attached hydrogen (secondary N) is 2. The highest BCUT2D eigenvalue weighted by Gasteiger charge is 2.28. The van der Waals surface area contributed by atoms with Crippen molar-refractivity contribution in [2.45, 2.75) is 25.7 Å². The van der Waals surface area contributed by atoms with Crippen molar-refractivity contribution in [3.8, 4) is 11.1 Å². The van der Waals surface area contributed by atoms with Crippen LogP contribution in [0.25, 0.3) is 11.1 Å². The Labute approximate surface area is 204 Å². The number of hydrogen-bond donors (Lipinski definition) is 3. The summed E-state index contributed by atoms with van der Waals surface area (Å²) >= 11 is 0. The van der Waals surface area contributed by atoms with E-state index in [2.05, 4.69) is 50.9 Å². The van der Waals surface area contributed by atoms with Crippen molar-refractivity contribution in [1.29, 1.82) is 0 Å². The molecular formula is C26H30N6O3. The largest absolute Gasteiger partial charge is 0.395 e. The van der Waals surface area contributed by atoms with Crippen LogP contribution in [0.3, 0.4) is 0 Å². The van der Waals surface area contributed by atoms with E-state index in [9.17, 15) is 9.90 Å². The monoisotopic (exact) mass is 474 g/mol. The Hall–Kier alpha value is -3.56. The molecule has 2 aromatic heterocycles. The van der Waals surface area contributed by atoms with Crippen LogP contribution >= 0.6 is 0 Å². The fraction of sp³-hybridized carbons (Fsp3) is 0.385. The Morgan fingerprint density at radius 1 is 1.17 bits per heavy atom. The number of morpholine rings is 1. The van der Waals surface area contributed by atoms with Crippen molar-refractivity contribution < 1.29 is 14.6 Å². The first-order valence-electron chi connectivity index (χ1n) is 12.0. The molecule has 1 aromatic carbocycles. The molecule has 9 heteroatoms. The summed E-state index contributed by atoms with van der Waals surface area (Å²) in [7, 11) is 0. The predicted molar refractivity (Wildman–Crippen MR) is 135 cm³/mol. The number of hydrogen-bond acceptors (Lipinski definition) is 8. The van der Waals surface area contributed by atoms with Gasteiger partial charge in [0.2, 0.25) is 0 Å². The van der Waals surface area contributed by atoms with Gasteiger partial charge in [-0.15, -0.1) is 0 Å². The van der Waals surface area contributed by atoms with Gasteiger partial charge in [-0.05, 0) is 72.2 Å². The topological polar surface area (TPSA) is 112 Å². The minimum atomic E-state index is -0.203. The van der Waals surface area contributed by atoms with Gasteiger partial charge < -0.3 is 25.4 Å². The molecule has 3 heterocycles. The lowest BCUT2D eigenvalue weighted by Crippen LogP contribution is -2.36. The summed E-state index contributed by atoms with van der Waals surface area (Å²) < 4.78 is 5.51. The third kappa shape index (κ3) is 5.41. The molecule has 1 amide bonds. The van der Waals surface area contributed by atoms with Gasteiger partial charge in [-0.25, -0.2) is 4.98 Å². The summed E-state index contributed by atoms with van der Waals surface area (Å²) in [5, 5.41) is 23.2. The van der Waals surface area contributed by atoms with E-state index >= 15 is 0 Å². The molecule has 0 spiro atoms. The van der Waals surface area contributed by atoms with E-state index in [0.717, 1.165) is 54.1 Å². The maximum atomic E-state index is 12.9. The molecule has 182 valence electrons. The van der Waals surface area contributed by atoms with Gasteiger partial charge in [0, 0.05) is 25.3 Å². The fourth-order valence-electron chi connectivity index (χ4n) is 4.40. The molecule has 1 saturated carbocycles. The number of pyridine rings is 1. The van der Waals surface area contributed by atoms with Crippen LogP contribution in [0.15, 0.2) is 42.7 Å². The molecule has 3 N–H and O–H groups in total. The number of amides is 1. The number of benzene rings is 1. The normalized spacial score (nSPS) is 15.7. The maximum absolute atomic E-state index is 12.9. The van der Waals surface area contributed by atoms with Crippen molar-refractivity contribution in [3.63, 3.8) is 0 Å². The zero-order valence-electron chi connectivity index (χ0n) is 19.8. The summed E-state index contributed by atoms with van der Waals surface area (Å²) in [4.78, 5) is 19.9. The number of carbonyl (C=O) groups is 1. The van der Waals surface area contributed by atoms with Gasteiger partial charge in [-0.1, -0.05) is 6.07 Å². The molecule has 0 bridgehead atoms. The van der Waals surface area contributed by atoms with Crippen LogP contribution in [-0.4, -0.2) is 65.6 Å². The Balaban J connectivity index is 1.54. The van der Waals surface area contributed by atoms with Crippen LogP contribution in [0.1, 0.15) is 40.2 Å². The molecule has 3 aromatic rings. The molecule has 0 unspecified atom stereocenters. The van der Waals surface area contributed by atoms with Crippen LogP contribution in [0.4, 0.5) is 17.3 Å². The van der Waals surface area contributed by atoms with E-state index < -0.39 is 0 Å². The highest BCUT2D eigenvalue weighted by molar-refractivity contribution is 6.05.